The Morgan fingerprint density at radius 1 is 0.466 bits per heavy atom. The third-order valence-electron chi connectivity index (χ3n) is 12.2. The molecule has 414 valence electrons. The molecule has 0 aromatic rings. The normalized spacial score (nSPS) is 19.1. The van der Waals surface area contributed by atoms with Crippen LogP contribution in [0.3, 0.4) is 0 Å². The molecule has 0 spiro atoms. The van der Waals surface area contributed by atoms with E-state index in [2.05, 4.69) is 118 Å². The number of carbonyl (C=O) groups excluding carboxylic acids is 3. The van der Waals surface area contributed by atoms with Crippen molar-refractivity contribution in [3.63, 3.8) is 0 Å². The molecular weight excluding hydrogens is 925 g/mol. The van der Waals surface area contributed by atoms with E-state index in [1.807, 2.05) is 0 Å². The lowest BCUT2D eigenvalue weighted by molar-refractivity contribution is -0.301. The van der Waals surface area contributed by atoms with E-state index in [0.29, 0.717) is 19.3 Å². The SMILES string of the molecule is CC/C=C\C/C=C\C/C=C\C/C=C\CCCCCCCCC(=O)OC1C(OCC(COC(=O)CCCC/C=C\C/C=C\C/C=C\C/C=C\CC)OC(=O)CCCCCCCCCCC)OC(C(=O)O)C(O)C1O. The Labute approximate surface area is 441 Å². The highest BCUT2D eigenvalue weighted by Crippen LogP contribution is 2.26. The van der Waals surface area contributed by atoms with Crippen molar-refractivity contribution in [1.82, 2.24) is 0 Å². The standard InChI is InChI=1S/C61H98O12/c1-4-7-10-13-16-19-21-23-25-26-27-28-30-32-34-37-40-43-46-49-55(64)72-59-57(66)56(65)58(60(67)68)73-61(59)70-51-52(71-54(63)48-45-42-39-35-18-15-12-9-6-3)50-69-53(62)47-44-41-38-36-33-31-29-24-22-20-17-14-11-8-5-2/h7-8,10-11,16-17,19-20,23-25,27-29,33,36,52,56-59,61,65-66H,4-6,9,12-15,18,21-22,26,30-32,34-35,37-51H2,1-3H3,(H,67,68)/b10-7-,11-8-,19-16-,20-17-,25-23-,28-27-,29-24-,36-33-. The number of carboxylic acids is 1. The molecule has 1 rings (SSSR count). The van der Waals surface area contributed by atoms with Gasteiger partial charge in [0.25, 0.3) is 0 Å². The molecule has 1 heterocycles. The maximum atomic E-state index is 13.0. The molecule has 0 aromatic carbocycles. The largest absolute Gasteiger partial charge is 0.479 e. The number of allylic oxidation sites excluding steroid dienone is 16. The number of hydrogen-bond donors (Lipinski definition) is 3. The Bertz CT molecular complexity index is 1640. The molecule has 73 heavy (non-hydrogen) atoms. The molecule has 0 aliphatic carbocycles. The number of carboxylic acid groups (broad SMARTS) is 1. The Hall–Kier alpha value is -4.36. The van der Waals surface area contributed by atoms with Gasteiger partial charge in [-0.25, -0.2) is 4.79 Å². The first-order chi connectivity index (χ1) is 35.6. The second-order valence-electron chi connectivity index (χ2n) is 18.8. The summed E-state index contributed by atoms with van der Waals surface area (Å²) in [4.78, 5) is 50.9. The molecule has 1 saturated heterocycles. The van der Waals surface area contributed by atoms with Crippen LogP contribution in [-0.2, 0) is 42.9 Å². The van der Waals surface area contributed by atoms with Gasteiger partial charge in [-0.15, -0.1) is 0 Å². The number of aliphatic hydroxyl groups excluding tert-OH is 2. The highest BCUT2D eigenvalue weighted by Gasteiger charge is 2.50. The first-order valence-corrected chi connectivity index (χ1v) is 28.2. The lowest BCUT2D eigenvalue weighted by Gasteiger charge is -2.40. The van der Waals surface area contributed by atoms with Crippen molar-refractivity contribution in [3.8, 4) is 0 Å². The summed E-state index contributed by atoms with van der Waals surface area (Å²) in [6, 6.07) is 0. The molecule has 1 fully saturated rings. The fraction of sp³-hybridized carbons (Fsp3) is 0.672. The van der Waals surface area contributed by atoms with E-state index >= 15 is 0 Å². The first kappa shape index (κ1) is 66.7. The van der Waals surface area contributed by atoms with E-state index in [-0.39, 0.29) is 25.9 Å². The smallest absolute Gasteiger partial charge is 0.335 e. The Morgan fingerprint density at radius 2 is 0.863 bits per heavy atom. The second kappa shape index (κ2) is 48.6. The van der Waals surface area contributed by atoms with Crippen LogP contribution in [0.2, 0.25) is 0 Å². The van der Waals surface area contributed by atoms with Crippen molar-refractivity contribution in [1.29, 1.82) is 0 Å². The molecule has 0 bridgehead atoms. The number of carbonyl (C=O) groups is 4. The Balaban J connectivity index is 2.69. The van der Waals surface area contributed by atoms with Crippen LogP contribution < -0.4 is 0 Å². The summed E-state index contributed by atoms with van der Waals surface area (Å²) in [6.07, 6.45) is 51.1. The van der Waals surface area contributed by atoms with Crippen LogP contribution in [0, 0.1) is 0 Å². The van der Waals surface area contributed by atoms with Gasteiger partial charge in [-0.3, -0.25) is 14.4 Å². The molecule has 6 atom stereocenters. The van der Waals surface area contributed by atoms with Gasteiger partial charge in [0.1, 0.15) is 18.8 Å². The highest BCUT2D eigenvalue weighted by molar-refractivity contribution is 5.74. The van der Waals surface area contributed by atoms with E-state index in [0.717, 1.165) is 122 Å². The third kappa shape index (κ3) is 38.8. The number of aliphatic carboxylic acids is 1. The summed E-state index contributed by atoms with van der Waals surface area (Å²) < 4.78 is 28.3. The fourth-order valence-electron chi connectivity index (χ4n) is 7.88. The lowest BCUT2D eigenvalue weighted by atomic mass is 9.98. The average Bonchev–Trinajstić information content (AvgIpc) is 3.37. The van der Waals surface area contributed by atoms with E-state index in [4.69, 9.17) is 23.7 Å². The summed E-state index contributed by atoms with van der Waals surface area (Å²) in [6.45, 7) is 5.68. The van der Waals surface area contributed by atoms with Crippen LogP contribution in [0.5, 0.6) is 0 Å². The van der Waals surface area contributed by atoms with Gasteiger partial charge in [-0.1, -0.05) is 195 Å². The lowest BCUT2D eigenvalue weighted by Crippen LogP contribution is -2.61. The van der Waals surface area contributed by atoms with E-state index in [1.165, 1.54) is 32.1 Å². The molecule has 3 N–H and O–H groups in total. The van der Waals surface area contributed by atoms with Gasteiger partial charge < -0.3 is 39.0 Å². The summed E-state index contributed by atoms with van der Waals surface area (Å²) in [5.41, 5.74) is 0. The maximum absolute atomic E-state index is 13.0. The summed E-state index contributed by atoms with van der Waals surface area (Å²) >= 11 is 0. The van der Waals surface area contributed by atoms with Gasteiger partial charge in [0.15, 0.2) is 24.6 Å². The van der Waals surface area contributed by atoms with Gasteiger partial charge in [-0.05, 0) is 96.3 Å². The zero-order chi connectivity index (χ0) is 53.3. The molecular formula is C61H98O12. The predicted octanol–water partition coefficient (Wildman–Crippen LogP) is 14.1. The van der Waals surface area contributed by atoms with Gasteiger partial charge in [-0.2, -0.15) is 0 Å². The van der Waals surface area contributed by atoms with Crippen molar-refractivity contribution in [2.24, 2.45) is 0 Å². The zero-order valence-electron chi connectivity index (χ0n) is 45.3. The zero-order valence-corrected chi connectivity index (χ0v) is 45.3. The van der Waals surface area contributed by atoms with Gasteiger partial charge in [0.05, 0.1) is 6.61 Å². The number of esters is 3. The molecule has 0 amide bonds. The van der Waals surface area contributed by atoms with Crippen LogP contribution >= 0.6 is 0 Å². The molecule has 0 saturated carbocycles. The third-order valence-corrected chi connectivity index (χ3v) is 12.2. The highest BCUT2D eigenvalue weighted by atomic mass is 16.7. The summed E-state index contributed by atoms with van der Waals surface area (Å²) in [5.74, 6) is -3.20. The average molecular weight is 1020 g/mol. The van der Waals surface area contributed by atoms with Crippen molar-refractivity contribution >= 4 is 23.9 Å². The van der Waals surface area contributed by atoms with Crippen LogP contribution in [0.1, 0.15) is 213 Å². The minimum absolute atomic E-state index is 0.0365. The quantitative estimate of drug-likeness (QED) is 0.0228. The minimum Gasteiger partial charge on any atom is -0.479 e. The first-order valence-electron chi connectivity index (χ1n) is 28.2. The van der Waals surface area contributed by atoms with Crippen molar-refractivity contribution in [3.05, 3.63) is 97.2 Å². The Kier molecular flexibility index (Phi) is 44.4. The van der Waals surface area contributed by atoms with E-state index < -0.39 is 67.3 Å². The van der Waals surface area contributed by atoms with E-state index in [9.17, 15) is 34.5 Å². The summed E-state index contributed by atoms with van der Waals surface area (Å²) in [5, 5.41) is 31.4. The Morgan fingerprint density at radius 3 is 1.34 bits per heavy atom. The van der Waals surface area contributed by atoms with Gasteiger partial charge in [0.2, 0.25) is 0 Å². The number of aliphatic hydroxyl groups is 2. The van der Waals surface area contributed by atoms with Crippen LogP contribution in [0.4, 0.5) is 0 Å². The topological polar surface area (TPSA) is 175 Å². The number of rotatable bonds is 46. The monoisotopic (exact) mass is 1020 g/mol. The number of hydrogen-bond acceptors (Lipinski definition) is 11. The molecule has 1 aliphatic rings. The number of ether oxygens (including phenoxy) is 5. The maximum Gasteiger partial charge on any atom is 0.335 e. The van der Waals surface area contributed by atoms with Crippen LogP contribution in [0.15, 0.2) is 97.2 Å². The molecule has 12 heteroatoms. The van der Waals surface area contributed by atoms with Crippen LogP contribution in [-0.4, -0.2) is 89.2 Å². The second-order valence-corrected chi connectivity index (χ2v) is 18.8. The van der Waals surface area contributed by atoms with Crippen molar-refractivity contribution in [2.75, 3.05) is 13.2 Å². The molecule has 12 nitrogen and oxygen atoms in total. The van der Waals surface area contributed by atoms with Gasteiger partial charge >= 0.3 is 23.9 Å². The molecule has 1 aliphatic heterocycles. The van der Waals surface area contributed by atoms with Crippen molar-refractivity contribution in [2.45, 2.75) is 250 Å². The minimum atomic E-state index is -1.92. The predicted molar refractivity (Wildman–Crippen MR) is 294 cm³/mol. The molecule has 0 aromatic heterocycles. The number of unbranched alkanes of at least 4 members (excludes halogenated alkanes) is 16. The van der Waals surface area contributed by atoms with Gasteiger partial charge in [0, 0.05) is 19.3 Å². The van der Waals surface area contributed by atoms with Crippen LogP contribution in [0.25, 0.3) is 0 Å². The van der Waals surface area contributed by atoms with E-state index in [1.54, 1.807) is 0 Å². The molecule has 0 radical (unpaired) electrons. The van der Waals surface area contributed by atoms with Crippen molar-refractivity contribution < 1.29 is 58.2 Å². The molecule has 6 unspecified atom stereocenters. The summed E-state index contributed by atoms with van der Waals surface area (Å²) in [7, 11) is 0. The fourth-order valence-corrected chi connectivity index (χ4v) is 7.88.